The van der Waals surface area contributed by atoms with Crippen LogP contribution in [-0.4, -0.2) is 19.3 Å². The predicted molar refractivity (Wildman–Crippen MR) is 133 cm³/mol. The molecule has 0 fully saturated rings. The normalized spacial score (nSPS) is 11.1. The third-order valence-electron chi connectivity index (χ3n) is 5.20. The minimum Gasteiger partial charge on any atom is -0.346 e. The molecule has 0 saturated heterocycles. The summed E-state index contributed by atoms with van der Waals surface area (Å²) in [5.74, 6) is -0.962. The number of carbonyl (C=O) groups is 1. The number of nitrogens with one attached hydrogen (secondary N) is 1. The monoisotopic (exact) mass is 509 g/mol. The fourth-order valence-corrected chi connectivity index (χ4v) is 5.36. The lowest BCUT2D eigenvalue weighted by Gasteiger charge is -2.25. The zero-order chi connectivity index (χ0) is 24.8. The number of carbonyl (C=O) groups excluding carboxylic acids is 1. The predicted octanol–water partition coefficient (Wildman–Crippen LogP) is 5.20. The Labute approximate surface area is 208 Å². The van der Waals surface area contributed by atoms with E-state index < -0.39 is 21.7 Å². The molecule has 0 aliphatic heterocycles. The van der Waals surface area contributed by atoms with E-state index in [1.807, 2.05) is 6.07 Å². The van der Waals surface area contributed by atoms with Crippen LogP contribution in [0.5, 0.6) is 0 Å². The van der Waals surface area contributed by atoms with Crippen molar-refractivity contribution in [3.05, 3.63) is 125 Å². The molecule has 3 aromatic carbocycles. The van der Waals surface area contributed by atoms with Crippen LogP contribution >= 0.6 is 11.6 Å². The number of hydrogen-bond acceptors (Lipinski definition) is 4. The van der Waals surface area contributed by atoms with Gasteiger partial charge >= 0.3 is 0 Å². The van der Waals surface area contributed by atoms with E-state index in [2.05, 4.69) is 10.3 Å². The van der Waals surface area contributed by atoms with Gasteiger partial charge in [0.2, 0.25) is 0 Å². The van der Waals surface area contributed by atoms with Crippen molar-refractivity contribution in [1.82, 2.24) is 10.3 Å². The zero-order valence-electron chi connectivity index (χ0n) is 18.4. The first-order valence-corrected chi connectivity index (χ1v) is 12.5. The highest BCUT2D eigenvalue weighted by Crippen LogP contribution is 2.31. The van der Waals surface area contributed by atoms with Crippen LogP contribution in [-0.2, 0) is 23.1 Å². The van der Waals surface area contributed by atoms with Crippen LogP contribution in [0.1, 0.15) is 21.6 Å². The SMILES string of the molecule is O=C(NCc1ccccn1)c1ccc(Cl)c(S(=O)(=O)N(Cc2ccccc2)c2ccc(F)cc2)c1. The van der Waals surface area contributed by atoms with E-state index in [1.54, 1.807) is 48.7 Å². The van der Waals surface area contributed by atoms with Crippen LogP contribution in [0.3, 0.4) is 0 Å². The highest BCUT2D eigenvalue weighted by atomic mass is 35.5. The first-order valence-electron chi connectivity index (χ1n) is 10.6. The smallest absolute Gasteiger partial charge is 0.266 e. The summed E-state index contributed by atoms with van der Waals surface area (Å²) in [4.78, 5) is 16.7. The second-order valence-corrected chi connectivity index (χ2v) is 9.86. The minimum atomic E-state index is -4.23. The van der Waals surface area contributed by atoms with Gasteiger partial charge in [0.15, 0.2) is 0 Å². The molecule has 4 aromatic rings. The van der Waals surface area contributed by atoms with Gasteiger partial charge in [0, 0.05) is 11.8 Å². The second-order valence-electron chi connectivity index (χ2n) is 7.62. The molecule has 0 atom stereocenters. The van der Waals surface area contributed by atoms with Crippen molar-refractivity contribution >= 4 is 33.2 Å². The molecule has 1 N–H and O–H groups in total. The van der Waals surface area contributed by atoms with Crippen molar-refractivity contribution in [3.8, 4) is 0 Å². The van der Waals surface area contributed by atoms with E-state index in [1.165, 1.54) is 42.5 Å². The molecule has 6 nitrogen and oxygen atoms in total. The maximum atomic E-state index is 13.8. The van der Waals surface area contributed by atoms with Gasteiger partial charge in [-0.15, -0.1) is 0 Å². The summed E-state index contributed by atoms with van der Waals surface area (Å²) in [6.45, 7) is 0.168. The number of halogens is 2. The van der Waals surface area contributed by atoms with Crippen LogP contribution in [0, 0.1) is 5.82 Å². The summed E-state index contributed by atoms with van der Waals surface area (Å²) >= 11 is 6.31. The molecule has 1 amide bonds. The molecular weight excluding hydrogens is 489 g/mol. The first kappa shape index (κ1) is 24.4. The van der Waals surface area contributed by atoms with Crippen molar-refractivity contribution in [2.45, 2.75) is 18.0 Å². The summed E-state index contributed by atoms with van der Waals surface area (Å²) in [5.41, 5.74) is 1.77. The molecule has 9 heteroatoms. The van der Waals surface area contributed by atoms with Gasteiger partial charge in [-0.3, -0.25) is 14.1 Å². The molecule has 0 saturated carbocycles. The fraction of sp³-hybridized carbons (Fsp3) is 0.0769. The van der Waals surface area contributed by atoms with Crippen LogP contribution in [0.25, 0.3) is 0 Å². The molecule has 178 valence electrons. The number of anilines is 1. The summed E-state index contributed by atoms with van der Waals surface area (Å²) in [6.07, 6.45) is 1.62. The molecule has 0 unspecified atom stereocenters. The Bertz CT molecular complexity index is 1420. The van der Waals surface area contributed by atoms with Crippen molar-refractivity contribution in [1.29, 1.82) is 0 Å². The van der Waals surface area contributed by atoms with Crippen LogP contribution in [0.4, 0.5) is 10.1 Å². The molecule has 0 spiro atoms. The third-order valence-corrected chi connectivity index (χ3v) is 7.46. The van der Waals surface area contributed by atoms with Gasteiger partial charge in [-0.1, -0.05) is 48.0 Å². The standard InChI is InChI=1S/C26H21ClFN3O3S/c27-24-14-9-20(26(32)30-17-22-8-4-5-15-29-22)16-25(24)35(33,34)31(18-19-6-2-1-3-7-19)23-12-10-21(28)11-13-23/h1-16H,17-18H2,(H,30,32). The highest BCUT2D eigenvalue weighted by Gasteiger charge is 2.28. The van der Waals surface area contributed by atoms with E-state index in [0.717, 1.165) is 9.87 Å². The van der Waals surface area contributed by atoms with E-state index in [-0.39, 0.29) is 34.3 Å². The molecule has 4 rings (SSSR count). The Morgan fingerprint density at radius 2 is 1.66 bits per heavy atom. The number of rotatable bonds is 8. The number of benzene rings is 3. The number of aromatic nitrogens is 1. The Kier molecular flexibility index (Phi) is 7.43. The molecule has 0 radical (unpaired) electrons. The summed E-state index contributed by atoms with van der Waals surface area (Å²) < 4.78 is 42.3. The Hall–Kier alpha value is -3.75. The third kappa shape index (κ3) is 5.85. The second kappa shape index (κ2) is 10.7. The maximum absolute atomic E-state index is 13.8. The maximum Gasteiger partial charge on any atom is 0.266 e. The lowest BCUT2D eigenvalue weighted by Crippen LogP contribution is -2.31. The minimum absolute atomic E-state index is 0.0127. The lowest BCUT2D eigenvalue weighted by atomic mass is 10.2. The van der Waals surface area contributed by atoms with Crippen molar-refractivity contribution in [2.24, 2.45) is 0 Å². The van der Waals surface area contributed by atoms with E-state index in [0.29, 0.717) is 5.69 Å². The number of pyridine rings is 1. The van der Waals surface area contributed by atoms with E-state index in [4.69, 9.17) is 11.6 Å². The van der Waals surface area contributed by atoms with Crippen molar-refractivity contribution in [2.75, 3.05) is 4.31 Å². The molecule has 1 aromatic heterocycles. The summed E-state index contributed by atoms with van der Waals surface area (Å²) in [7, 11) is -4.23. The van der Waals surface area contributed by atoms with Gasteiger partial charge in [0.05, 0.1) is 29.5 Å². The van der Waals surface area contributed by atoms with Crippen LogP contribution in [0.15, 0.2) is 102 Å². The Morgan fingerprint density at radius 3 is 2.34 bits per heavy atom. The topological polar surface area (TPSA) is 79.4 Å². The molecule has 0 aliphatic carbocycles. The first-order chi connectivity index (χ1) is 16.8. The molecule has 1 heterocycles. The van der Waals surface area contributed by atoms with Gasteiger partial charge in [-0.05, 0) is 60.2 Å². The van der Waals surface area contributed by atoms with Gasteiger partial charge in [0.1, 0.15) is 10.7 Å². The summed E-state index contributed by atoms with van der Waals surface area (Å²) in [5, 5.41) is 2.69. The number of sulfonamides is 1. The average Bonchev–Trinajstić information content (AvgIpc) is 2.88. The Balaban J connectivity index is 1.68. The fourth-order valence-electron chi connectivity index (χ4n) is 3.41. The number of nitrogens with zero attached hydrogens (tertiary/aromatic N) is 2. The average molecular weight is 510 g/mol. The molecule has 0 aliphatic rings. The van der Waals surface area contributed by atoms with Gasteiger partial charge < -0.3 is 5.32 Å². The zero-order valence-corrected chi connectivity index (χ0v) is 20.0. The quantitative estimate of drug-likeness (QED) is 0.354. The largest absolute Gasteiger partial charge is 0.346 e. The van der Waals surface area contributed by atoms with E-state index in [9.17, 15) is 17.6 Å². The van der Waals surface area contributed by atoms with Crippen LogP contribution in [0.2, 0.25) is 5.02 Å². The van der Waals surface area contributed by atoms with Gasteiger partial charge in [-0.25, -0.2) is 12.8 Å². The molecule has 0 bridgehead atoms. The lowest BCUT2D eigenvalue weighted by molar-refractivity contribution is 0.0950. The summed E-state index contributed by atoms with van der Waals surface area (Å²) in [6, 6.07) is 23.5. The molecular formula is C26H21ClFN3O3S. The number of hydrogen-bond donors (Lipinski definition) is 1. The molecule has 35 heavy (non-hydrogen) atoms. The van der Waals surface area contributed by atoms with Crippen molar-refractivity contribution < 1.29 is 17.6 Å². The van der Waals surface area contributed by atoms with Crippen molar-refractivity contribution in [3.63, 3.8) is 0 Å². The van der Waals surface area contributed by atoms with E-state index >= 15 is 0 Å². The van der Waals surface area contributed by atoms with Gasteiger partial charge in [0.25, 0.3) is 15.9 Å². The van der Waals surface area contributed by atoms with Gasteiger partial charge in [-0.2, -0.15) is 0 Å². The van der Waals surface area contributed by atoms with Crippen LogP contribution < -0.4 is 9.62 Å². The highest BCUT2D eigenvalue weighted by molar-refractivity contribution is 7.93. The Morgan fingerprint density at radius 1 is 0.943 bits per heavy atom. The number of amides is 1.